The average molecular weight is 462 g/mol. The first-order valence-electron chi connectivity index (χ1n) is 11.9. The van der Waals surface area contributed by atoms with Gasteiger partial charge in [0.25, 0.3) is 0 Å². The summed E-state index contributed by atoms with van der Waals surface area (Å²) in [6.45, 7) is 1.07. The molecule has 0 saturated heterocycles. The highest BCUT2D eigenvalue weighted by Crippen LogP contribution is 2.33. The van der Waals surface area contributed by atoms with E-state index in [9.17, 15) is 4.79 Å². The van der Waals surface area contributed by atoms with Gasteiger partial charge in [-0.1, -0.05) is 18.2 Å². The van der Waals surface area contributed by atoms with E-state index in [0.717, 1.165) is 48.1 Å². The summed E-state index contributed by atoms with van der Waals surface area (Å²) in [7, 11) is 4.11. The number of hydrogen-bond acceptors (Lipinski definition) is 6. The summed E-state index contributed by atoms with van der Waals surface area (Å²) in [6.07, 6.45) is 3.78. The number of carbonyl (C=O) groups is 1. The number of amides is 2. The van der Waals surface area contributed by atoms with Crippen molar-refractivity contribution < 1.29 is 14.3 Å². The number of rotatable bonds is 5. The maximum Gasteiger partial charge on any atom is 0.319 e. The summed E-state index contributed by atoms with van der Waals surface area (Å²) in [4.78, 5) is 19.5. The number of carbonyl (C=O) groups excluding carboxylic acids is 1. The molecule has 1 saturated carbocycles. The fourth-order valence-electron chi connectivity index (χ4n) is 4.67. The van der Waals surface area contributed by atoms with E-state index in [0.29, 0.717) is 36.4 Å². The van der Waals surface area contributed by atoms with Crippen molar-refractivity contribution in [3.8, 4) is 11.5 Å². The molecule has 2 heterocycles. The first-order valence-corrected chi connectivity index (χ1v) is 11.9. The van der Waals surface area contributed by atoms with E-state index < -0.39 is 0 Å². The number of aromatic nitrogens is 1. The number of pyridine rings is 1. The van der Waals surface area contributed by atoms with Crippen molar-refractivity contribution in [2.75, 3.05) is 42.8 Å². The lowest BCUT2D eigenvalue weighted by Gasteiger charge is -2.30. The number of fused-ring (bicyclic) bond motifs is 2. The Kier molecular flexibility index (Phi) is 6.29. The molecule has 3 N–H and O–H groups in total. The van der Waals surface area contributed by atoms with Crippen LogP contribution < -0.4 is 30.3 Å². The molecule has 1 aliphatic carbocycles. The summed E-state index contributed by atoms with van der Waals surface area (Å²) in [5.41, 5.74) is 2.83. The van der Waals surface area contributed by atoms with Crippen LogP contribution in [-0.4, -0.2) is 50.4 Å². The van der Waals surface area contributed by atoms with Crippen LogP contribution in [0.25, 0.3) is 10.9 Å². The standard InChI is InChI=1S/C26H31N5O3/c1-31(2)22-16-25(30-21-6-4-3-5-20(21)22)27-17-7-9-18(10-8-17)28-26(32)29-19-11-12-23-24(15-19)34-14-13-33-23/h3-6,11-12,15-18H,7-10,13-14H2,1-2H3,(H,27,30)(H2,28,29,32). The molecule has 0 bridgehead atoms. The molecule has 0 atom stereocenters. The number of ether oxygens (including phenoxy) is 2. The van der Waals surface area contributed by atoms with Crippen molar-refractivity contribution in [2.45, 2.75) is 37.8 Å². The van der Waals surface area contributed by atoms with E-state index in [-0.39, 0.29) is 12.1 Å². The Morgan fingerprint density at radius 3 is 2.47 bits per heavy atom. The molecular formula is C26H31N5O3. The van der Waals surface area contributed by atoms with Gasteiger partial charge in [-0.2, -0.15) is 0 Å². The molecule has 34 heavy (non-hydrogen) atoms. The van der Waals surface area contributed by atoms with Crippen LogP contribution in [0.1, 0.15) is 25.7 Å². The largest absolute Gasteiger partial charge is 0.486 e. The molecule has 5 rings (SSSR count). The summed E-state index contributed by atoms with van der Waals surface area (Å²) >= 11 is 0. The summed E-state index contributed by atoms with van der Waals surface area (Å²) in [5.74, 6) is 2.27. The normalized spacial score (nSPS) is 19.4. The molecule has 8 heteroatoms. The predicted molar refractivity (Wildman–Crippen MR) is 135 cm³/mol. The van der Waals surface area contributed by atoms with Gasteiger partial charge in [0.1, 0.15) is 19.0 Å². The zero-order valence-electron chi connectivity index (χ0n) is 19.6. The van der Waals surface area contributed by atoms with Crippen LogP contribution in [0.5, 0.6) is 11.5 Å². The molecule has 1 aromatic heterocycles. The van der Waals surface area contributed by atoms with Gasteiger partial charge >= 0.3 is 6.03 Å². The van der Waals surface area contributed by atoms with Crippen LogP contribution in [-0.2, 0) is 0 Å². The zero-order valence-corrected chi connectivity index (χ0v) is 19.6. The van der Waals surface area contributed by atoms with E-state index in [1.54, 1.807) is 6.07 Å². The van der Waals surface area contributed by atoms with Gasteiger partial charge in [-0.05, 0) is 43.9 Å². The minimum Gasteiger partial charge on any atom is -0.486 e. The van der Waals surface area contributed by atoms with Gasteiger partial charge in [0.05, 0.1) is 5.52 Å². The van der Waals surface area contributed by atoms with Gasteiger partial charge in [-0.25, -0.2) is 9.78 Å². The molecule has 178 valence electrons. The van der Waals surface area contributed by atoms with Crippen molar-refractivity contribution in [1.82, 2.24) is 10.3 Å². The first kappa shape index (κ1) is 22.1. The van der Waals surface area contributed by atoms with E-state index in [1.165, 1.54) is 0 Å². The Balaban J connectivity index is 1.14. The van der Waals surface area contributed by atoms with Crippen molar-refractivity contribution in [3.63, 3.8) is 0 Å². The first-order chi connectivity index (χ1) is 16.5. The Morgan fingerprint density at radius 1 is 0.941 bits per heavy atom. The van der Waals surface area contributed by atoms with Crippen molar-refractivity contribution in [2.24, 2.45) is 0 Å². The fourth-order valence-corrected chi connectivity index (χ4v) is 4.67. The second kappa shape index (κ2) is 9.67. The van der Waals surface area contributed by atoms with Crippen LogP contribution in [0.2, 0.25) is 0 Å². The lowest BCUT2D eigenvalue weighted by atomic mass is 9.91. The van der Waals surface area contributed by atoms with Gasteiger partial charge in [0.15, 0.2) is 11.5 Å². The number of nitrogens with one attached hydrogen (secondary N) is 3. The second-order valence-electron chi connectivity index (χ2n) is 9.09. The lowest BCUT2D eigenvalue weighted by Crippen LogP contribution is -2.42. The molecule has 2 amide bonds. The Morgan fingerprint density at radius 2 is 1.68 bits per heavy atom. The molecule has 1 aliphatic heterocycles. The predicted octanol–water partition coefficient (Wildman–Crippen LogP) is 4.62. The molecule has 3 aromatic rings. The number of anilines is 3. The van der Waals surface area contributed by atoms with E-state index in [1.807, 2.05) is 24.3 Å². The minimum absolute atomic E-state index is 0.150. The maximum atomic E-state index is 12.5. The van der Waals surface area contributed by atoms with Crippen LogP contribution in [0.4, 0.5) is 22.0 Å². The SMILES string of the molecule is CN(C)c1cc(NC2CCC(NC(=O)Nc3ccc4c(c3)OCCO4)CC2)nc2ccccc12. The van der Waals surface area contributed by atoms with Crippen molar-refractivity contribution in [3.05, 3.63) is 48.5 Å². The number of hydrogen-bond donors (Lipinski definition) is 3. The minimum atomic E-state index is -0.195. The highest BCUT2D eigenvalue weighted by molar-refractivity contribution is 5.93. The third kappa shape index (κ3) is 4.95. The number of nitrogens with zero attached hydrogens (tertiary/aromatic N) is 2. The number of urea groups is 1. The third-order valence-corrected chi connectivity index (χ3v) is 6.39. The number of benzene rings is 2. The van der Waals surface area contributed by atoms with E-state index >= 15 is 0 Å². The second-order valence-corrected chi connectivity index (χ2v) is 9.09. The quantitative estimate of drug-likeness (QED) is 0.514. The van der Waals surface area contributed by atoms with E-state index in [4.69, 9.17) is 14.5 Å². The van der Waals surface area contributed by atoms with Crippen molar-refractivity contribution >= 4 is 34.1 Å². The van der Waals surface area contributed by atoms with Gasteiger partial charge in [0, 0.05) is 55.1 Å². The zero-order chi connectivity index (χ0) is 23.5. The summed E-state index contributed by atoms with van der Waals surface area (Å²) in [5, 5.41) is 10.8. The highest BCUT2D eigenvalue weighted by atomic mass is 16.6. The highest BCUT2D eigenvalue weighted by Gasteiger charge is 2.23. The monoisotopic (exact) mass is 461 g/mol. The molecule has 2 aromatic carbocycles. The Hall–Kier alpha value is -3.68. The molecule has 0 spiro atoms. The van der Waals surface area contributed by atoms with Crippen LogP contribution in [0, 0.1) is 0 Å². The molecule has 0 radical (unpaired) electrons. The molecule has 2 aliphatic rings. The van der Waals surface area contributed by atoms with Crippen LogP contribution in [0.3, 0.4) is 0 Å². The molecule has 8 nitrogen and oxygen atoms in total. The summed E-state index contributed by atoms with van der Waals surface area (Å²) < 4.78 is 11.1. The molecular weight excluding hydrogens is 430 g/mol. The Bertz CT molecular complexity index is 1170. The van der Waals surface area contributed by atoms with Gasteiger partial charge in [-0.15, -0.1) is 0 Å². The van der Waals surface area contributed by atoms with Gasteiger partial charge in [-0.3, -0.25) is 0 Å². The lowest BCUT2D eigenvalue weighted by molar-refractivity contribution is 0.171. The van der Waals surface area contributed by atoms with Gasteiger partial charge in [0.2, 0.25) is 0 Å². The average Bonchev–Trinajstić information content (AvgIpc) is 2.84. The number of para-hydroxylation sites is 1. The van der Waals surface area contributed by atoms with Crippen LogP contribution in [0.15, 0.2) is 48.5 Å². The van der Waals surface area contributed by atoms with E-state index in [2.05, 4.69) is 53.1 Å². The third-order valence-electron chi connectivity index (χ3n) is 6.39. The topological polar surface area (TPSA) is 87.8 Å². The smallest absolute Gasteiger partial charge is 0.319 e. The molecule has 1 fully saturated rings. The maximum absolute atomic E-state index is 12.5. The van der Waals surface area contributed by atoms with Gasteiger partial charge < -0.3 is 30.3 Å². The van der Waals surface area contributed by atoms with Crippen LogP contribution >= 0.6 is 0 Å². The van der Waals surface area contributed by atoms with Crippen molar-refractivity contribution in [1.29, 1.82) is 0 Å². The Labute approximate surface area is 199 Å². The fraction of sp³-hybridized carbons (Fsp3) is 0.385. The summed E-state index contributed by atoms with van der Waals surface area (Å²) in [6, 6.07) is 16.1. The molecule has 0 unspecified atom stereocenters.